The van der Waals surface area contributed by atoms with Crippen LogP contribution in [0.1, 0.15) is 28.3 Å². The lowest BCUT2D eigenvalue weighted by molar-refractivity contribution is 0.906. The summed E-state index contributed by atoms with van der Waals surface area (Å²) in [5.41, 5.74) is 2.11. The molecule has 0 aliphatic carbocycles. The molecule has 1 aromatic heterocycles. The third-order valence-corrected chi connectivity index (χ3v) is 5.05. The highest BCUT2D eigenvalue weighted by Gasteiger charge is 2.10. The van der Waals surface area contributed by atoms with Gasteiger partial charge in [-0.1, -0.05) is 11.6 Å². The Morgan fingerprint density at radius 3 is 2.61 bits per heavy atom. The molecule has 1 atom stereocenters. The van der Waals surface area contributed by atoms with Crippen LogP contribution in [0.25, 0.3) is 0 Å². The molecule has 2 aromatic rings. The zero-order chi connectivity index (χ0) is 13.3. The molecule has 4 heteroatoms. The maximum Gasteiger partial charge on any atom is 0.0578 e. The Morgan fingerprint density at radius 2 is 2.00 bits per heavy atom. The van der Waals surface area contributed by atoms with Crippen LogP contribution in [0.4, 0.5) is 5.69 Å². The van der Waals surface area contributed by atoms with Crippen LogP contribution in [0, 0.1) is 13.8 Å². The molecule has 1 N–H and O–H groups in total. The van der Waals surface area contributed by atoms with Crippen molar-refractivity contribution < 1.29 is 0 Å². The zero-order valence-electron chi connectivity index (χ0n) is 10.6. The Kier molecular flexibility index (Phi) is 4.36. The van der Waals surface area contributed by atoms with Crippen molar-refractivity contribution in [3.8, 4) is 0 Å². The van der Waals surface area contributed by atoms with Gasteiger partial charge in [0.25, 0.3) is 0 Å². The summed E-state index contributed by atoms with van der Waals surface area (Å²) in [7, 11) is 0. The molecule has 0 bridgehead atoms. The average Bonchev–Trinajstić information content (AvgIpc) is 2.73. The van der Waals surface area contributed by atoms with E-state index in [9.17, 15) is 0 Å². The average molecular weight is 345 g/mol. The van der Waals surface area contributed by atoms with Gasteiger partial charge in [-0.2, -0.15) is 0 Å². The van der Waals surface area contributed by atoms with Crippen molar-refractivity contribution in [1.82, 2.24) is 0 Å². The fourth-order valence-corrected chi connectivity index (χ4v) is 3.36. The number of benzene rings is 1. The molecule has 0 radical (unpaired) electrons. The van der Waals surface area contributed by atoms with E-state index in [0.717, 1.165) is 20.7 Å². The molecular formula is C14H15BrClNS. The summed E-state index contributed by atoms with van der Waals surface area (Å²) in [6.07, 6.45) is 0. The first-order chi connectivity index (χ1) is 8.47. The topological polar surface area (TPSA) is 12.0 Å². The smallest absolute Gasteiger partial charge is 0.0578 e. The van der Waals surface area contributed by atoms with Gasteiger partial charge in [0.05, 0.1) is 11.7 Å². The quantitative estimate of drug-likeness (QED) is 0.725. The van der Waals surface area contributed by atoms with Crippen LogP contribution in [0.15, 0.2) is 28.7 Å². The van der Waals surface area contributed by atoms with Crippen LogP contribution in [0.2, 0.25) is 5.02 Å². The van der Waals surface area contributed by atoms with Gasteiger partial charge in [0.15, 0.2) is 0 Å². The van der Waals surface area contributed by atoms with E-state index in [1.54, 1.807) is 0 Å². The van der Waals surface area contributed by atoms with E-state index < -0.39 is 0 Å². The summed E-state index contributed by atoms with van der Waals surface area (Å²) in [6, 6.07) is 8.60. The Balaban J connectivity index is 2.21. The minimum atomic E-state index is 0.277. The Morgan fingerprint density at radius 1 is 1.28 bits per heavy atom. The molecule has 0 saturated carbocycles. The van der Waals surface area contributed by atoms with E-state index in [-0.39, 0.29) is 6.04 Å². The fourth-order valence-electron chi connectivity index (χ4n) is 1.75. The van der Waals surface area contributed by atoms with Crippen molar-refractivity contribution in [2.45, 2.75) is 26.8 Å². The molecule has 0 fully saturated rings. The van der Waals surface area contributed by atoms with Crippen LogP contribution in [0.3, 0.4) is 0 Å². The maximum absolute atomic E-state index is 6.16. The normalized spacial score (nSPS) is 12.5. The molecule has 1 aromatic carbocycles. The van der Waals surface area contributed by atoms with Crippen LogP contribution < -0.4 is 5.32 Å². The lowest BCUT2D eigenvalue weighted by atomic mass is 10.2. The van der Waals surface area contributed by atoms with Crippen LogP contribution in [-0.4, -0.2) is 0 Å². The number of hydrogen-bond acceptors (Lipinski definition) is 2. The van der Waals surface area contributed by atoms with Crippen molar-refractivity contribution in [1.29, 1.82) is 0 Å². The molecule has 0 amide bonds. The van der Waals surface area contributed by atoms with Gasteiger partial charge in [-0.15, -0.1) is 11.3 Å². The summed E-state index contributed by atoms with van der Waals surface area (Å²) in [6.45, 7) is 6.29. The van der Waals surface area contributed by atoms with E-state index in [1.165, 1.54) is 9.75 Å². The van der Waals surface area contributed by atoms with Gasteiger partial charge in [0.2, 0.25) is 0 Å². The molecule has 96 valence electrons. The highest BCUT2D eigenvalue weighted by molar-refractivity contribution is 9.10. The van der Waals surface area contributed by atoms with E-state index in [2.05, 4.69) is 47.2 Å². The van der Waals surface area contributed by atoms with Gasteiger partial charge in [0.1, 0.15) is 0 Å². The molecule has 2 rings (SSSR count). The second kappa shape index (κ2) is 5.64. The molecule has 0 saturated heterocycles. The summed E-state index contributed by atoms with van der Waals surface area (Å²) in [5, 5.41) is 4.27. The van der Waals surface area contributed by atoms with Crippen molar-refractivity contribution in [2.24, 2.45) is 0 Å². The Bertz CT molecular complexity index is 565. The Hall–Kier alpha value is -0.510. The molecule has 1 heterocycles. The number of nitrogens with one attached hydrogen (secondary N) is 1. The van der Waals surface area contributed by atoms with E-state index >= 15 is 0 Å². The molecule has 0 aliphatic heterocycles. The summed E-state index contributed by atoms with van der Waals surface area (Å²) in [5.74, 6) is 0. The molecule has 0 aliphatic rings. The van der Waals surface area contributed by atoms with Crippen molar-refractivity contribution in [2.75, 3.05) is 5.32 Å². The van der Waals surface area contributed by atoms with Gasteiger partial charge >= 0.3 is 0 Å². The van der Waals surface area contributed by atoms with Crippen LogP contribution >= 0.6 is 38.9 Å². The van der Waals surface area contributed by atoms with Gasteiger partial charge in [-0.25, -0.2) is 0 Å². The number of rotatable bonds is 3. The second-order valence-electron chi connectivity index (χ2n) is 4.40. The lowest BCUT2D eigenvalue weighted by Crippen LogP contribution is -2.05. The van der Waals surface area contributed by atoms with Crippen molar-refractivity contribution in [3.63, 3.8) is 0 Å². The monoisotopic (exact) mass is 343 g/mol. The zero-order valence-corrected chi connectivity index (χ0v) is 13.7. The highest BCUT2D eigenvalue weighted by Crippen LogP contribution is 2.33. The van der Waals surface area contributed by atoms with Gasteiger partial charge in [0, 0.05) is 19.2 Å². The fraction of sp³-hybridized carbons (Fsp3) is 0.286. The minimum absolute atomic E-state index is 0.277. The maximum atomic E-state index is 6.16. The Labute approximate surface area is 125 Å². The van der Waals surface area contributed by atoms with E-state index in [4.69, 9.17) is 11.6 Å². The molecule has 0 spiro atoms. The molecule has 1 nitrogen and oxygen atoms in total. The first-order valence-electron chi connectivity index (χ1n) is 5.76. The van der Waals surface area contributed by atoms with Gasteiger partial charge < -0.3 is 5.32 Å². The predicted octanol–water partition coefficient (Wildman–Crippen LogP) is 5.95. The summed E-state index contributed by atoms with van der Waals surface area (Å²) >= 11 is 11.5. The van der Waals surface area contributed by atoms with Crippen LogP contribution in [0.5, 0.6) is 0 Å². The second-order valence-corrected chi connectivity index (χ2v) is 6.98. The number of anilines is 1. The third kappa shape index (κ3) is 3.08. The first kappa shape index (κ1) is 13.9. The highest BCUT2D eigenvalue weighted by atomic mass is 79.9. The molecular weight excluding hydrogens is 330 g/mol. The minimum Gasteiger partial charge on any atom is -0.377 e. The van der Waals surface area contributed by atoms with E-state index in [0.29, 0.717) is 0 Å². The van der Waals surface area contributed by atoms with Gasteiger partial charge in [-0.3, -0.25) is 0 Å². The number of aryl methyl sites for hydroxylation is 2. The predicted molar refractivity (Wildman–Crippen MR) is 85.0 cm³/mol. The number of hydrogen-bond donors (Lipinski definition) is 1. The molecule has 1 unspecified atom stereocenters. The van der Waals surface area contributed by atoms with E-state index in [1.807, 2.05) is 30.4 Å². The third-order valence-electron chi connectivity index (χ3n) is 2.81. The van der Waals surface area contributed by atoms with Crippen molar-refractivity contribution in [3.05, 3.63) is 49.1 Å². The van der Waals surface area contributed by atoms with Crippen LogP contribution in [-0.2, 0) is 0 Å². The summed E-state index contributed by atoms with van der Waals surface area (Å²) in [4.78, 5) is 2.66. The lowest BCUT2D eigenvalue weighted by Gasteiger charge is -2.16. The number of halogens is 2. The standard InChI is InChI=1S/C14H15BrClNS/c1-8-6-11(15)13(7-12(8)16)17-10(3)14-5-4-9(2)18-14/h4-7,10,17H,1-3H3. The first-order valence-corrected chi connectivity index (χ1v) is 7.74. The summed E-state index contributed by atoms with van der Waals surface area (Å²) < 4.78 is 1.05. The van der Waals surface area contributed by atoms with Crippen molar-refractivity contribution >= 4 is 44.6 Å². The number of thiophene rings is 1. The van der Waals surface area contributed by atoms with Gasteiger partial charge in [-0.05, 0) is 66.5 Å². The molecule has 18 heavy (non-hydrogen) atoms. The largest absolute Gasteiger partial charge is 0.377 e. The SMILES string of the molecule is Cc1ccc(C(C)Nc2cc(Cl)c(C)cc2Br)s1.